The third kappa shape index (κ3) is 1.96. The van der Waals surface area contributed by atoms with E-state index in [0.29, 0.717) is 13.1 Å². The van der Waals surface area contributed by atoms with Crippen molar-refractivity contribution in [1.82, 2.24) is 14.9 Å². The first-order chi connectivity index (χ1) is 8.28. The van der Waals surface area contributed by atoms with Crippen LogP contribution in [0.15, 0.2) is 6.33 Å². The number of amides is 1. The van der Waals surface area contributed by atoms with Crippen LogP contribution in [0.5, 0.6) is 0 Å². The fourth-order valence-electron chi connectivity index (χ4n) is 2.16. The van der Waals surface area contributed by atoms with Crippen LogP contribution < -0.4 is 5.73 Å². The molecule has 0 aliphatic carbocycles. The Kier molecular flexibility index (Phi) is 2.85. The Bertz CT molecular complexity index is 463. The number of nitrogens with one attached hydrogen (secondary N) is 1. The molecule has 100 valence electrons. The lowest BCUT2D eigenvalue weighted by Crippen LogP contribution is -2.49. The van der Waals surface area contributed by atoms with Gasteiger partial charge in [0.25, 0.3) is 0 Å². The smallest absolute Gasteiger partial charge is 0.411 e. The lowest BCUT2D eigenvalue weighted by atomic mass is 9.99. The Morgan fingerprint density at radius 2 is 2.33 bits per heavy atom. The van der Waals surface area contributed by atoms with E-state index in [1.165, 1.54) is 0 Å². The van der Waals surface area contributed by atoms with Gasteiger partial charge in [0.2, 0.25) is 0 Å². The quantitative estimate of drug-likeness (QED) is 0.789. The van der Waals surface area contributed by atoms with E-state index in [4.69, 9.17) is 10.5 Å². The van der Waals surface area contributed by atoms with Crippen LogP contribution in [0.25, 0.3) is 0 Å². The van der Waals surface area contributed by atoms with Crippen LogP contribution in [0.4, 0.5) is 4.79 Å². The monoisotopic (exact) mass is 252 g/mol. The number of nitrogens with zero attached hydrogens (tertiary/aromatic N) is 2. The minimum absolute atomic E-state index is 0.310. The second-order valence-electron chi connectivity index (χ2n) is 5.77. The largest absolute Gasteiger partial charge is 0.444 e. The van der Waals surface area contributed by atoms with E-state index in [0.717, 1.165) is 11.4 Å². The summed E-state index contributed by atoms with van der Waals surface area (Å²) in [6, 6.07) is 0. The van der Waals surface area contributed by atoms with Crippen molar-refractivity contribution >= 4 is 6.09 Å². The third-order valence-corrected chi connectivity index (χ3v) is 3.15. The Hall–Kier alpha value is -1.56. The van der Waals surface area contributed by atoms with Crippen LogP contribution in [0, 0.1) is 0 Å². The predicted octanol–water partition coefficient (Wildman–Crippen LogP) is 1.33. The van der Waals surface area contributed by atoms with E-state index in [1.807, 2.05) is 27.7 Å². The highest BCUT2D eigenvalue weighted by atomic mass is 16.6. The van der Waals surface area contributed by atoms with E-state index in [9.17, 15) is 4.79 Å². The summed E-state index contributed by atoms with van der Waals surface area (Å²) >= 11 is 0. The lowest BCUT2D eigenvalue weighted by molar-refractivity contribution is 0.00262. The Morgan fingerprint density at radius 3 is 2.89 bits per heavy atom. The molecule has 0 spiro atoms. The highest BCUT2D eigenvalue weighted by Crippen LogP contribution is 2.37. The van der Waals surface area contributed by atoms with Crippen LogP contribution in [0.1, 0.15) is 39.1 Å². The molecule has 1 aromatic rings. The van der Waals surface area contributed by atoms with E-state index < -0.39 is 11.1 Å². The molecule has 0 saturated carbocycles. The van der Waals surface area contributed by atoms with Crippen molar-refractivity contribution < 1.29 is 9.53 Å². The summed E-state index contributed by atoms with van der Waals surface area (Å²) in [6.07, 6.45) is 1.27. The number of carbonyl (C=O) groups excluding carboxylic acids is 1. The van der Waals surface area contributed by atoms with Crippen molar-refractivity contribution in [3.63, 3.8) is 0 Å². The number of aromatic amines is 1. The first kappa shape index (κ1) is 12.9. The molecule has 0 fully saturated rings. The summed E-state index contributed by atoms with van der Waals surface area (Å²) in [7, 11) is 0. The molecule has 2 heterocycles. The van der Waals surface area contributed by atoms with Crippen LogP contribution in [-0.2, 0) is 16.8 Å². The minimum Gasteiger partial charge on any atom is -0.444 e. The van der Waals surface area contributed by atoms with Gasteiger partial charge in [-0.15, -0.1) is 0 Å². The first-order valence-corrected chi connectivity index (χ1v) is 6.01. The predicted molar refractivity (Wildman–Crippen MR) is 66.8 cm³/mol. The molecule has 0 saturated heterocycles. The molecule has 1 atom stereocenters. The van der Waals surface area contributed by atoms with Crippen LogP contribution in [-0.4, -0.2) is 33.1 Å². The van der Waals surface area contributed by atoms with Gasteiger partial charge in [-0.1, -0.05) is 0 Å². The number of fused-ring (bicyclic) bond motifs is 1. The van der Waals surface area contributed by atoms with Gasteiger partial charge in [0.05, 0.1) is 24.3 Å². The van der Waals surface area contributed by atoms with Crippen molar-refractivity contribution in [2.24, 2.45) is 5.73 Å². The van der Waals surface area contributed by atoms with Gasteiger partial charge >= 0.3 is 6.09 Å². The Labute approximate surface area is 107 Å². The van der Waals surface area contributed by atoms with Gasteiger partial charge in [-0.2, -0.15) is 0 Å². The van der Waals surface area contributed by atoms with E-state index in [-0.39, 0.29) is 6.09 Å². The zero-order chi connectivity index (χ0) is 13.6. The zero-order valence-electron chi connectivity index (χ0n) is 11.3. The maximum absolute atomic E-state index is 12.2. The number of H-pyrrole nitrogens is 1. The van der Waals surface area contributed by atoms with Crippen molar-refractivity contribution in [1.29, 1.82) is 0 Å². The highest BCUT2D eigenvalue weighted by molar-refractivity contribution is 5.70. The fraction of sp³-hybridized carbons (Fsp3) is 0.667. The highest BCUT2D eigenvalue weighted by Gasteiger charge is 2.46. The number of rotatable bonds is 1. The number of nitrogens with two attached hydrogens (primary N) is 1. The average molecular weight is 252 g/mol. The zero-order valence-corrected chi connectivity index (χ0v) is 11.3. The van der Waals surface area contributed by atoms with Crippen LogP contribution >= 0.6 is 0 Å². The number of ether oxygens (including phenoxy) is 1. The standard InChI is InChI=1S/C12H20N4O2/c1-11(2,3)18-10(17)16-5-8-9(15-7-14-8)12(16,4)6-13/h7H,5-6,13H2,1-4H3,(H,14,15). The number of hydrogen-bond donors (Lipinski definition) is 2. The molecule has 6 nitrogen and oxygen atoms in total. The van der Waals surface area contributed by atoms with Crippen LogP contribution in [0.2, 0.25) is 0 Å². The number of carbonyl (C=O) groups is 1. The second-order valence-corrected chi connectivity index (χ2v) is 5.77. The molecule has 0 radical (unpaired) electrons. The normalized spacial score (nSPS) is 23.1. The molecule has 6 heteroatoms. The van der Waals surface area contributed by atoms with Crippen molar-refractivity contribution in [3.8, 4) is 0 Å². The molecule has 1 unspecified atom stereocenters. The molecule has 1 aromatic heterocycles. The summed E-state index contributed by atoms with van der Waals surface area (Å²) in [5.74, 6) is 0. The van der Waals surface area contributed by atoms with Gasteiger partial charge in [0, 0.05) is 6.54 Å². The van der Waals surface area contributed by atoms with Gasteiger partial charge in [-0.25, -0.2) is 9.78 Å². The summed E-state index contributed by atoms with van der Waals surface area (Å²) < 4.78 is 5.41. The van der Waals surface area contributed by atoms with Gasteiger partial charge in [0.15, 0.2) is 0 Å². The first-order valence-electron chi connectivity index (χ1n) is 6.01. The van der Waals surface area contributed by atoms with Gasteiger partial charge in [0.1, 0.15) is 11.1 Å². The van der Waals surface area contributed by atoms with Crippen molar-refractivity contribution in [2.75, 3.05) is 6.54 Å². The van der Waals surface area contributed by atoms with Crippen LogP contribution in [0.3, 0.4) is 0 Å². The fourth-order valence-corrected chi connectivity index (χ4v) is 2.16. The molecule has 0 aromatic carbocycles. The molecule has 3 N–H and O–H groups in total. The summed E-state index contributed by atoms with van der Waals surface area (Å²) in [5.41, 5.74) is 6.47. The Morgan fingerprint density at radius 1 is 1.67 bits per heavy atom. The van der Waals surface area contributed by atoms with E-state index in [2.05, 4.69) is 9.97 Å². The molecular weight excluding hydrogens is 232 g/mol. The molecule has 1 aliphatic heterocycles. The Balaban J connectivity index is 2.26. The molecule has 1 amide bonds. The molecule has 2 rings (SSSR count). The second kappa shape index (κ2) is 3.98. The lowest BCUT2D eigenvalue weighted by Gasteiger charge is -2.35. The maximum atomic E-state index is 12.2. The van der Waals surface area contributed by atoms with E-state index in [1.54, 1.807) is 11.2 Å². The van der Waals surface area contributed by atoms with Crippen molar-refractivity contribution in [2.45, 2.75) is 45.4 Å². The number of aromatic nitrogens is 2. The van der Waals surface area contributed by atoms with Gasteiger partial charge in [-0.3, -0.25) is 4.90 Å². The molecule has 1 aliphatic rings. The summed E-state index contributed by atoms with van der Waals surface area (Å²) in [5, 5.41) is 0. The van der Waals surface area contributed by atoms with Gasteiger partial charge in [-0.05, 0) is 27.7 Å². The molecular formula is C12H20N4O2. The van der Waals surface area contributed by atoms with E-state index >= 15 is 0 Å². The van der Waals surface area contributed by atoms with Gasteiger partial charge < -0.3 is 15.5 Å². The number of hydrogen-bond acceptors (Lipinski definition) is 4. The number of imidazole rings is 1. The SMILES string of the molecule is CC(C)(C)OC(=O)N1Cc2[nH]cnc2C1(C)CN. The minimum atomic E-state index is -0.600. The summed E-state index contributed by atoms with van der Waals surface area (Å²) in [6.45, 7) is 8.21. The summed E-state index contributed by atoms with van der Waals surface area (Å²) in [4.78, 5) is 21.1. The molecule has 0 bridgehead atoms. The topological polar surface area (TPSA) is 84.2 Å². The third-order valence-electron chi connectivity index (χ3n) is 3.15. The molecule has 18 heavy (non-hydrogen) atoms. The van der Waals surface area contributed by atoms with Crippen molar-refractivity contribution in [3.05, 3.63) is 17.7 Å². The maximum Gasteiger partial charge on any atom is 0.411 e. The average Bonchev–Trinajstić information content (AvgIpc) is 2.78.